The number of fused-ring (bicyclic) bond motifs is 1. The molecule has 0 aliphatic carbocycles. The number of nitrogens with one attached hydrogen (secondary N) is 1. The average molecular weight is 396 g/mol. The molecule has 1 N–H and O–H groups in total. The monoisotopic (exact) mass is 395 g/mol. The smallest absolute Gasteiger partial charge is 0.409 e. The Labute approximate surface area is 145 Å². The Balaban J connectivity index is 1.71. The van der Waals surface area contributed by atoms with E-state index < -0.39 is 0 Å². The topological polar surface area (TPSA) is 71.5 Å². The Kier molecular flexibility index (Phi) is 4.63. The van der Waals surface area contributed by atoms with Gasteiger partial charge in [-0.1, -0.05) is 27.3 Å². The van der Waals surface area contributed by atoms with Crippen LogP contribution in [0.2, 0.25) is 0 Å². The lowest BCUT2D eigenvalue weighted by Gasteiger charge is -2.24. The number of amides is 2. The highest BCUT2D eigenvalue weighted by atomic mass is 79.9. The van der Waals surface area contributed by atoms with Gasteiger partial charge in [0.2, 0.25) is 0 Å². The van der Waals surface area contributed by atoms with Crippen LogP contribution in [0.3, 0.4) is 0 Å². The molecule has 1 aliphatic heterocycles. The van der Waals surface area contributed by atoms with E-state index in [1.165, 1.54) is 18.4 Å². The van der Waals surface area contributed by atoms with E-state index in [4.69, 9.17) is 4.74 Å². The van der Waals surface area contributed by atoms with Crippen molar-refractivity contribution in [1.29, 1.82) is 0 Å². The number of hydrogen-bond acceptors (Lipinski definition) is 5. The van der Waals surface area contributed by atoms with Crippen molar-refractivity contribution >= 4 is 44.4 Å². The predicted molar refractivity (Wildman–Crippen MR) is 90.7 cm³/mol. The Hall–Kier alpha value is -1.93. The molecule has 120 valence electrons. The van der Waals surface area contributed by atoms with E-state index in [0.717, 1.165) is 15.0 Å². The number of anilines is 1. The van der Waals surface area contributed by atoms with E-state index in [0.29, 0.717) is 30.2 Å². The lowest BCUT2D eigenvalue weighted by Crippen LogP contribution is -2.35. The zero-order valence-corrected chi connectivity index (χ0v) is 14.7. The highest BCUT2D eigenvalue weighted by Crippen LogP contribution is 2.29. The number of aromatic nitrogens is 1. The van der Waals surface area contributed by atoms with E-state index in [1.807, 2.05) is 12.1 Å². The van der Waals surface area contributed by atoms with Crippen LogP contribution < -0.4 is 5.32 Å². The van der Waals surface area contributed by atoms with Crippen LogP contribution in [0.1, 0.15) is 20.9 Å². The predicted octanol–water partition coefficient (Wildman–Crippen LogP) is 3.28. The molecule has 0 unspecified atom stereocenters. The Morgan fingerprint density at radius 1 is 1.35 bits per heavy atom. The maximum atomic E-state index is 12.2. The van der Waals surface area contributed by atoms with Crippen LogP contribution in [0.15, 0.2) is 28.7 Å². The number of ether oxygens (including phenoxy) is 1. The van der Waals surface area contributed by atoms with Gasteiger partial charge in [0.15, 0.2) is 5.13 Å². The third-order valence-electron chi connectivity index (χ3n) is 3.49. The molecule has 1 aromatic heterocycles. The van der Waals surface area contributed by atoms with Gasteiger partial charge in [0.1, 0.15) is 0 Å². The van der Waals surface area contributed by atoms with Crippen LogP contribution in [0.4, 0.5) is 9.93 Å². The van der Waals surface area contributed by atoms with E-state index in [-0.39, 0.29) is 12.0 Å². The summed E-state index contributed by atoms with van der Waals surface area (Å²) in [4.78, 5) is 30.9. The minimum Gasteiger partial charge on any atom is -0.453 e. The number of halogens is 1. The van der Waals surface area contributed by atoms with Gasteiger partial charge >= 0.3 is 6.09 Å². The molecule has 8 heteroatoms. The zero-order chi connectivity index (χ0) is 16.4. The van der Waals surface area contributed by atoms with Crippen LogP contribution in [0, 0.1) is 0 Å². The first kappa shape index (κ1) is 15.9. The summed E-state index contributed by atoms with van der Waals surface area (Å²) < 4.78 is 5.66. The van der Waals surface area contributed by atoms with Gasteiger partial charge < -0.3 is 9.64 Å². The molecule has 0 bridgehead atoms. The summed E-state index contributed by atoms with van der Waals surface area (Å²) in [6.45, 7) is 1.04. The number of methoxy groups -OCH3 is 1. The normalized spacial score (nSPS) is 13.4. The summed E-state index contributed by atoms with van der Waals surface area (Å²) in [5.74, 6) is -0.201. The third kappa shape index (κ3) is 3.53. The van der Waals surface area contributed by atoms with Gasteiger partial charge in [-0.3, -0.25) is 10.1 Å². The fourth-order valence-electron chi connectivity index (χ4n) is 2.30. The van der Waals surface area contributed by atoms with Crippen molar-refractivity contribution in [2.75, 3.05) is 19.0 Å². The Morgan fingerprint density at radius 3 is 2.78 bits per heavy atom. The molecule has 0 saturated heterocycles. The molecule has 6 nitrogen and oxygen atoms in total. The number of rotatable bonds is 2. The Morgan fingerprint density at radius 2 is 2.09 bits per heavy atom. The number of nitrogens with zero attached hydrogens (tertiary/aromatic N) is 2. The molecule has 1 aromatic carbocycles. The minimum atomic E-state index is -0.343. The van der Waals surface area contributed by atoms with Crippen LogP contribution in [0.25, 0.3) is 0 Å². The van der Waals surface area contributed by atoms with Gasteiger partial charge in [0, 0.05) is 27.9 Å². The summed E-state index contributed by atoms with van der Waals surface area (Å²) in [7, 11) is 1.37. The van der Waals surface area contributed by atoms with Crippen LogP contribution in [-0.4, -0.2) is 35.5 Å². The van der Waals surface area contributed by atoms with E-state index in [2.05, 4.69) is 26.2 Å². The summed E-state index contributed by atoms with van der Waals surface area (Å²) in [5, 5.41) is 3.36. The number of benzene rings is 1. The van der Waals surface area contributed by atoms with Crippen LogP contribution >= 0.6 is 27.3 Å². The number of carbonyl (C=O) groups excluding carboxylic acids is 2. The minimum absolute atomic E-state index is 0.201. The third-order valence-corrected chi connectivity index (χ3v) is 5.02. The second-order valence-corrected chi connectivity index (χ2v) is 6.99. The van der Waals surface area contributed by atoms with Crippen molar-refractivity contribution in [3.63, 3.8) is 0 Å². The summed E-state index contributed by atoms with van der Waals surface area (Å²) in [5.41, 5.74) is 1.50. The fourth-order valence-corrected chi connectivity index (χ4v) is 3.59. The highest BCUT2D eigenvalue weighted by Gasteiger charge is 2.25. The first-order valence-corrected chi connectivity index (χ1v) is 8.56. The Bertz CT molecular complexity index is 745. The fraction of sp³-hybridized carbons (Fsp3) is 0.267. The molecule has 0 saturated carbocycles. The van der Waals surface area contributed by atoms with Crippen LogP contribution in [0.5, 0.6) is 0 Å². The second-order valence-electron chi connectivity index (χ2n) is 4.99. The van der Waals surface area contributed by atoms with Crippen molar-refractivity contribution in [3.8, 4) is 0 Å². The largest absolute Gasteiger partial charge is 0.453 e. The summed E-state index contributed by atoms with van der Waals surface area (Å²) >= 11 is 4.73. The highest BCUT2D eigenvalue weighted by molar-refractivity contribution is 9.10. The quantitative estimate of drug-likeness (QED) is 0.846. The summed E-state index contributed by atoms with van der Waals surface area (Å²) in [6, 6.07) is 7.11. The van der Waals surface area contributed by atoms with Gasteiger partial charge in [-0.2, -0.15) is 0 Å². The second kappa shape index (κ2) is 6.67. The molecule has 23 heavy (non-hydrogen) atoms. The lowest BCUT2D eigenvalue weighted by atomic mass is 10.2. The van der Waals surface area contributed by atoms with Gasteiger partial charge in [0.25, 0.3) is 5.91 Å². The van der Waals surface area contributed by atoms with Crippen molar-refractivity contribution in [3.05, 3.63) is 44.9 Å². The molecular weight excluding hydrogens is 382 g/mol. The maximum Gasteiger partial charge on any atom is 0.409 e. The van der Waals surface area contributed by atoms with E-state index in [9.17, 15) is 9.59 Å². The van der Waals surface area contributed by atoms with Gasteiger partial charge in [-0.25, -0.2) is 9.78 Å². The molecule has 3 rings (SSSR count). The SMILES string of the molecule is COC(=O)N1CCc2nc(NC(=O)c3ccc(Br)cc3)sc2C1. The molecule has 1 aliphatic rings. The van der Waals surface area contributed by atoms with Crippen molar-refractivity contribution < 1.29 is 14.3 Å². The standard InChI is InChI=1S/C15H14BrN3O3S/c1-22-15(21)19-7-6-11-12(8-19)23-14(17-11)18-13(20)9-2-4-10(16)5-3-9/h2-5H,6-8H2,1H3,(H,17,18,20). The number of carbonyl (C=O) groups is 2. The van der Waals surface area contributed by atoms with Crippen molar-refractivity contribution in [2.24, 2.45) is 0 Å². The first-order valence-electron chi connectivity index (χ1n) is 6.95. The number of hydrogen-bond donors (Lipinski definition) is 1. The van der Waals surface area contributed by atoms with E-state index in [1.54, 1.807) is 17.0 Å². The van der Waals surface area contributed by atoms with Crippen molar-refractivity contribution in [2.45, 2.75) is 13.0 Å². The van der Waals surface area contributed by atoms with Gasteiger partial charge in [-0.15, -0.1) is 0 Å². The zero-order valence-electron chi connectivity index (χ0n) is 12.3. The van der Waals surface area contributed by atoms with Gasteiger partial charge in [-0.05, 0) is 24.3 Å². The molecule has 0 radical (unpaired) electrons. The molecule has 0 fully saturated rings. The molecular formula is C15H14BrN3O3S. The van der Waals surface area contributed by atoms with Crippen LogP contribution in [-0.2, 0) is 17.7 Å². The van der Waals surface area contributed by atoms with E-state index >= 15 is 0 Å². The number of thiazole rings is 1. The molecule has 2 amide bonds. The average Bonchev–Trinajstić information content (AvgIpc) is 2.95. The maximum absolute atomic E-state index is 12.2. The molecule has 2 heterocycles. The first-order chi connectivity index (χ1) is 11.1. The summed E-state index contributed by atoms with van der Waals surface area (Å²) in [6.07, 6.45) is 0.319. The van der Waals surface area contributed by atoms with Gasteiger partial charge in [0.05, 0.1) is 19.3 Å². The van der Waals surface area contributed by atoms with Crippen molar-refractivity contribution in [1.82, 2.24) is 9.88 Å². The molecule has 0 atom stereocenters. The molecule has 0 spiro atoms. The lowest BCUT2D eigenvalue weighted by molar-refractivity contribution is 0.102. The molecule has 2 aromatic rings.